The quantitative estimate of drug-likeness (QED) is 0.882. The van der Waals surface area contributed by atoms with Gasteiger partial charge in [-0.3, -0.25) is 4.79 Å². The van der Waals surface area contributed by atoms with Crippen molar-refractivity contribution in [2.75, 3.05) is 13.7 Å². The maximum atomic E-state index is 11.9. The Labute approximate surface area is 128 Å². The van der Waals surface area contributed by atoms with Crippen molar-refractivity contribution in [1.29, 1.82) is 0 Å². The van der Waals surface area contributed by atoms with Crippen molar-refractivity contribution < 1.29 is 9.53 Å². The summed E-state index contributed by atoms with van der Waals surface area (Å²) in [6.07, 6.45) is 1.61. The Morgan fingerprint density at radius 2 is 2.14 bits per heavy atom. The van der Waals surface area contributed by atoms with Crippen molar-refractivity contribution in [2.24, 2.45) is 0 Å². The first-order valence-corrected chi connectivity index (χ1v) is 6.90. The minimum absolute atomic E-state index is 0.0797. The predicted octanol–water partition coefficient (Wildman–Crippen LogP) is 1.74. The second kappa shape index (κ2) is 7.19. The fourth-order valence-corrected chi connectivity index (χ4v) is 1.97. The Kier molecular flexibility index (Phi) is 5.30. The molecule has 6 nitrogen and oxygen atoms in total. The fourth-order valence-electron chi connectivity index (χ4n) is 1.85. The summed E-state index contributed by atoms with van der Waals surface area (Å²) in [7, 11) is 1.59. The van der Waals surface area contributed by atoms with Gasteiger partial charge in [0.2, 0.25) is 0 Å². The van der Waals surface area contributed by atoms with E-state index in [0.29, 0.717) is 18.2 Å². The summed E-state index contributed by atoms with van der Waals surface area (Å²) >= 11 is 5.84. The molecule has 0 fully saturated rings. The Morgan fingerprint density at radius 3 is 2.81 bits per heavy atom. The molecule has 0 saturated heterocycles. The van der Waals surface area contributed by atoms with Crippen LogP contribution >= 0.6 is 11.6 Å². The first-order valence-electron chi connectivity index (χ1n) is 6.53. The van der Waals surface area contributed by atoms with Crippen LogP contribution in [0.5, 0.6) is 0 Å². The van der Waals surface area contributed by atoms with Crippen LogP contribution in [0.4, 0.5) is 0 Å². The van der Waals surface area contributed by atoms with E-state index in [1.54, 1.807) is 18.0 Å². The molecular weight excluding hydrogens is 292 g/mol. The van der Waals surface area contributed by atoms with Crippen LogP contribution < -0.4 is 5.32 Å². The number of carbonyl (C=O) groups is 1. The van der Waals surface area contributed by atoms with Crippen molar-refractivity contribution in [3.05, 3.63) is 46.7 Å². The van der Waals surface area contributed by atoms with Crippen LogP contribution in [0.2, 0.25) is 5.02 Å². The topological polar surface area (TPSA) is 69.0 Å². The number of rotatable bonds is 6. The standard InChI is InChI=1S/C14H17ClN4O2/c1-10(9-21-2)16-14(20)13-8-19(18-17-13)7-11-3-5-12(15)6-4-11/h3-6,8,10H,7,9H2,1-2H3,(H,16,20). The average Bonchev–Trinajstić information content (AvgIpc) is 2.90. The highest BCUT2D eigenvalue weighted by molar-refractivity contribution is 6.30. The number of methoxy groups -OCH3 is 1. The van der Waals surface area contributed by atoms with Crippen LogP contribution in [0.25, 0.3) is 0 Å². The third kappa shape index (κ3) is 4.54. The molecule has 0 aliphatic rings. The SMILES string of the molecule is COCC(C)NC(=O)c1cn(Cc2ccc(Cl)cc2)nn1. The molecule has 0 aliphatic carbocycles. The molecule has 1 aromatic carbocycles. The molecule has 21 heavy (non-hydrogen) atoms. The van der Waals surface area contributed by atoms with Crippen LogP contribution in [0, 0.1) is 0 Å². The second-order valence-electron chi connectivity index (χ2n) is 4.76. The molecule has 1 unspecified atom stereocenters. The van der Waals surface area contributed by atoms with Gasteiger partial charge in [0.25, 0.3) is 5.91 Å². The summed E-state index contributed by atoms with van der Waals surface area (Å²) in [4.78, 5) is 11.9. The van der Waals surface area contributed by atoms with Gasteiger partial charge in [-0.25, -0.2) is 4.68 Å². The number of hydrogen-bond donors (Lipinski definition) is 1. The van der Waals surface area contributed by atoms with Gasteiger partial charge >= 0.3 is 0 Å². The summed E-state index contributed by atoms with van der Waals surface area (Å²) in [6, 6.07) is 7.36. The second-order valence-corrected chi connectivity index (χ2v) is 5.19. The lowest BCUT2D eigenvalue weighted by Gasteiger charge is -2.10. The van der Waals surface area contributed by atoms with E-state index in [-0.39, 0.29) is 17.6 Å². The van der Waals surface area contributed by atoms with Crippen molar-refractivity contribution in [3.8, 4) is 0 Å². The van der Waals surface area contributed by atoms with Crippen LogP contribution in [0.15, 0.2) is 30.5 Å². The summed E-state index contributed by atoms with van der Waals surface area (Å²) in [6.45, 7) is 2.84. The fraction of sp³-hybridized carbons (Fsp3) is 0.357. The zero-order chi connectivity index (χ0) is 15.2. The van der Waals surface area contributed by atoms with Gasteiger partial charge in [-0.1, -0.05) is 28.9 Å². The number of amides is 1. The smallest absolute Gasteiger partial charge is 0.273 e. The van der Waals surface area contributed by atoms with Gasteiger partial charge in [0, 0.05) is 18.2 Å². The molecule has 0 saturated carbocycles. The minimum atomic E-state index is -0.262. The van der Waals surface area contributed by atoms with E-state index >= 15 is 0 Å². The molecule has 1 aromatic heterocycles. The molecule has 2 aromatic rings. The molecule has 0 spiro atoms. The van der Waals surface area contributed by atoms with E-state index in [1.807, 2.05) is 31.2 Å². The number of carbonyl (C=O) groups excluding carboxylic acids is 1. The molecule has 1 atom stereocenters. The Bertz CT molecular complexity index is 597. The van der Waals surface area contributed by atoms with Gasteiger partial charge in [-0.15, -0.1) is 5.10 Å². The van der Waals surface area contributed by atoms with E-state index < -0.39 is 0 Å². The first kappa shape index (κ1) is 15.5. The van der Waals surface area contributed by atoms with Crippen molar-refractivity contribution >= 4 is 17.5 Å². The lowest BCUT2D eigenvalue weighted by molar-refractivity contribution is 0.0900. The number of halogens is 1. The molecule has 2 rings (SSSR count). The monoisotopic (exact) mass is 308 g/mol. The molecule has 0 bridgehead atoms. The molecule has 7 heteroatoms. The highest BCUT2D eigenvalue weighted by Crippen LogP contribution is 2.10. The van der Waals surface area contributed by atoms with Gasteiger partial charge in [0.1, 0.15) is 0 Å². The maximum Gasteiger partial charge on any atom is 0.273 e. The third-order valence-electron chi connectivity index (χ3n) is 2.82. The average molecular weight is 309 g/mol. The molecule has 1 heterocycles. The highest BCUT2D eigenvalue weighted by atomic mass is 35.5. The van der Waals surface area contributed by atoms with Gasteiger partial charge in [-0.2, -0.15) is 0 Å². The van der Waals surface area contributed by atoms with Crippen molar-refractivity contribution in [2.45, 2.75) is 19.5 Å². The van der Waals surface area contributed by atoms with Crippen molar-refractivity contribution in [3.63, 3.8) is 0 Å². The van der Waals surface area contributed by atoms with Crippen LogP contribution in [-0.2, 0) is 11.3 Å². The predicted molar refractivity (Wildman–Crippen MR) is 79.4 cm³/mol. The number of benzene rings is 1. The van der Waals surface area contributed by atoms with E-state index in [2.05, 4.69) is 15.6 Å². The first-order chi connectivity index (χ1) is 10.1. The van der Waals surface area contributed by atoms with Crippen LogP contribution in [0.3, 0.4) is 0 Å². The van der Waals surface area contributed by atoms with E-state index in [1.165, 1.54) is 0 Å². The van der Waals surface area contributed by atoms with Gasteiger partial charge in [0.15, 0.2) is 5.69 Å². The molecule has 0 aliphatic heterocycles. The Balaban J connectivity index is 1.97. The van der Waals surface area contributed by atoms with Crippen LogP contribution in [0.1, 0.15) is 23.0 Å². The number of hydrogen-bond acceptors (Lipinski definition) is 4. The zero-order valence-electron chi connectivity index (χ0n) is 11.9. The zero-order valence-corrected chi connectivity index (χ0v) is 12.7. The summed E-state index contributed by atoms with van der Waals surface area (Å²) in [5, 5.41) is 11.3. The lowest BCUT2D eigenvalue weighted by Crippen LogP contribution is -2.35. The number of ether oxygens (including phenoxy) is 1. The number of nitrogens with zero attached hydrogens (tertiary/aromatic N) is 3. The normalized spacial score (nSPS) is 12.1. The minimum Gasteiger partial charge on any atom is -0.383 e. The summed E-state index contributed by atoms with van der Waals surface area (Å²) in [5.74, 6) is -0.262. The largest absolute Gasteiger partial charge is 0.383 e. The van der Waals surface area contributed by atoms with E-state index in [0.717, 1.165) is 5.56 Å². The van der Waals surface area contributed by atoms with Gasteiger partial charge in [0.05, 0.1) is 19.3 Å². The molecular formula is C14H17ClN4O2. The third-order valence-corrected chi connectivity index (χ3v) is 3.08. The Hall–Kier alpha value is -1.92. The van der Waals surface area contributed by atoms with Gasteiger partial charge in [-0.05, 0) is 24.6 Å². The summed E-state index contributed by atoms with van der Waals surface area (Å²) < 4.78 is 6.58. The molecule has 0 radical (unpaired) electrons. The van der Waals surface area contributed by atoms with Crippen LogP contribution in [-0.4, -0.2) is 40.7 Å². The van der Waals surface area contributed by atoms with Crippen molar-refractivity contribution in [1.82, 2.24) is 20.3 Å². The number of aromatic nitrogens is 3. The molecule has 112 valence electrons. The van der Waals surface area contributed by atoms with Gasteiger partial charge < -0.3 is 10.1 Å². The lowest BCUT2D eigenvalue weighted by atomic mass is 10.2. The Morgan fingerprint density at radius 1 is 1.43 bits per heavy atom. The molecule has 1 amide bonds. The van der Waals surface area contributed by atoms with E-state index in [4.69, 9.17) is 16.3 Å². The number of nitrogens with one attached hydrogen (secondary N) is 1. The molecule has 1 N–H and O–H groups in total. The highest BCUT2D eigenvalue weighted by Gasteiger charge is 2.13. The summed E-state index contributed by atoms with van der Waals surface area (Å²) in [5.41, 5.74) is 1.32. The van der Waals surface area contributed by atoms with E-state index in [9.17, 15) is 4.79 Å². The maximum absolute atomic E-state index is 11.9.